The lowest BCUT2D eigenvalue weighted by Gasteiger charge is -1.83. The highest BCUT2D eigenvalue weighted by Gasteiger charge is 2.13. The van der Waals surface area contributed by atoms with Gasteiger partial charge >= 0.3 is 0 Å². The Balaban J connectivity index is 2.91. The smallest absolute Gasteiger partial charge is 0.194 e. The van der Waals surface area contributed by atoms with Crippen LogP contribution in [-0.2, 0) is 0 Å². The summed E-state index contributed by atoms with van der Waals surface area (Å²) in [5.74, 6) is 0. The minimum Gasteiger partial charge on any atom is -0.194 e. The maximum absolute atomic E-state index is 5.75. The number of hydrogen-bond donors (Lipinski definition) is 0. The van der Waals surface area contributed by atoms with Crippen molar-refractivity contribution in [3.05, 3.63) is 21.9 Å². The largest absolute Gasteiger partial charge is 0.292 e. The number of halogens is 2. The first-order chi connectivity index (χ1) is 5.27. The van der Waals surface area contributed by atoms with Gasteiger partial charge < -0.3 is 0 Å². The van der Waals surface area contributed by atoms with E-state index < -0.39 is 0 Å². The molecule has 56 valence electrons. The van der Waals surface area contributed by atoms with Gasteiger partial charge in [0.2, 0.25) is 5.15 Å². The third kappa shape index (κ3) is 1.17. The summed E-state index contributed by atoms with van der Waals surface area (Å²) in [7, 11) is 0. The van der Waals surface area contributed by atoms with Crippen LogP contribution in [-0.4, -0.2) is 10.1 Å². The van der Waals surface area contributed by atoms with Crippen LogP contribution in [0.4, 0.5) is 0 Å². The van der Waals surface area contributed by atoms with Crippen molar-refractivity contribution in [2.45, 2.75) is 0 Å². The van der Waals surface area contributed by atoms with Crippen molar-refractivity contribution in [3.63, 3.8) is 0 Å². The van der Waals surface area contributed by atoms with Crippen LogP contribution in [0.2, 0.25) is 10.4 Å². The molecule has 2 heterocycles. The summed E-state index contributed by atoms with van der Waals surface area (Å²) in [6.07, 6.45) is 0. The van der Waals surface area contributed by atoms with Gasteiger partial charge in [-0.25, -0.2) is 0 Å². The Morgan fingerprint density at radius 2 is 2.27 bits per heavy atom. The second kappa shape index (κ2) is 2.55. The predicted octanol–water partition coefficient (Wildman–Crippen LogP) is 1.58. The van der Waals surface area contributed by atoms with Gasteiger partial charge in [0, 0.05) is 9.97 Å². The first-order valence-electron chi connectivity index (χ1n) is 2.76. The number of fused-ring (bicyclic) bond motifs is 1. The molecule has 0 aliphatic heterocycles. The highest BCUT2D eigenvalue weighted by atomic mass is 35.5. The Kier molecular flexibility index (Phi) is 1.67. The van der Waals surface area contributed by atoms with Crippen LogP contribution in [0.1, 0.15) is 0 Å². The monoisotopic (exact) mass is 206 g/mol. The van der Waals surface area contributed by atoms with Crippen LogP contribution in [0, 0.1) is 0 Å². The molecule has 11 heavy (non-hydrogen) atoms. The lowest BCUT2D eigenvalue weighted by molar-refractivity contribution is -0.507. The van der Waals surface area contributed by atoms with Gasteiger partial charge in [0.15, 0.2) is 11.5 Å². The van der Waals surface area contributed by atoms with Crippen molar-refractivity contribution in [3.8, 4) is 0 Å². The molecule has 0 spiro atoms. The maximum atomic E-state index is 5.75. The lowest BCUT2D eigenvalue weighted by atomic mass is 10.6. The molecule has 0 N–H and O–H groups in total. The topological polar surface area (TPSA) is 29.9 Å². The van der Waals surface area contributed by atoms with E-state index in [0.717, 1.165) is 5.52 Å². The third-order valence-corrected chi connectivity index (χ3v) is 2.34. The zero-order valence-corrected chi connectivity index (χ0v) is 7.49. The van der Waals surface area contributed by atoms with Crippen LogP contribution in [0.25, 0.3) is 5.52 Å². The van der Waals surface area contributed by atoms with Crippen LogP contribution in [0.15, 0.2) is 11.4 Å². The van der Waals surface area contributed by atoms with E-state index in [1.54, 1.807) is 3.90 Å². The molecule has 0 saturated carbocycles. The Morgan fingerprint density at radius 1 is 1.45 bits per heavy atom. The number of hydrogen-bond acceptors (Lipinski definition) is 3. The number of nitrogens with zero attached hydrogens (tertiary/aromatic N) is 3. The lowest BCUT2D eigenvalue weighted by Crippen LogP contribution is -2.21. The predicted molar refractivity (Wildman–Crippen MR) is 43.1 cm³/mol. The van der Waals surface area contributed by atoms with Gasteiger partial charge in [-0.2, -0.15) is 4.98 Å². The van der Waals surface area contributed by atoms with Crippen molar-refractivity contribution in [2.24, 2.45) is 0 Å². The molecule has 2 aromatic heterocycles. The molecule has 2 rings (SSSR count). The molecule has 0 aliphatic carbocycles. The van der Waals surface area contributed by atoms with Gasteiger partial charge in [0.1, 0.15) is 0 Å². The van der Waals surface area contributed by atoms with E-state index in [0.29, 0.717) is 5.15 Å². The van der Waals surface area contributed by atoms with E-state index in [-0.39, 0.29) is 5.28 Å². The summed E-state index contributed by atoms with van der Waals surface area (Å²) < 4.78 is 1.62. The highest BCUT2D eigenvalue weighted by molar-refractivity contribution is 6.99. The van der Waals surface area contributed by atoms with E-state index in [2.05, 4.69) is 10.1 Å². The van der Waals surface area contributed by atoms with Gasteiger partial charge in [-0.3, -0.25) is 0 Å². The second-order valence-electron chi connectivity index (χ2n) is 1.84. The fourth-order valence-electron chi connectivity index (χ4n) is 0.734. The first kappa shape index (κ1) is 7.21. The summed E-state index contributed by atoms with van der Waals surface area (Å²) >= 11 is 12.7. The van der Waals surface area contributed by atoms with E-state index >= 15 is 0 Å². The molecule has 0 saturated heterocycles. The highest BCUT2D eigenvalue weighted by Crippen LogP contribution is 2.12. The Hall–Kier alpha value is -0.450. The summed E-state index contributed by atoms with van der Waals surface area (Å²) in [6.45, 7) is 0. The number of aromatic nitrogens is 3. The van der Waals surface area contributed by atoms with Gasteiger partial charge in [0.05, 0.1) is 10.5 Å². The molecule has 0 radical (unpaired) electrons. The SMILES string of the molecule is Clc1nc(Cl)c2ccs[n+]2n1. The summed E-state index contributed by atoms with van der Waals surface area (Å²) in [5, 5.41) is 6.31. The quantitative estimate of drug-likeness (QED) is 0.614. The zero-order chi connectivity index (χ0) is 7.84. The molecular formula is C5H2Cl2N3S+. The normalized spacial score (nSPS) is 10.7. The van der Waals surface area contributed by atoms with Crippen LogP contribution in [0.3, 0.4) is 0 Å². The van der Waals surface area contributed by atoms with Crippen molar-refractivity contribution in [1.29, 1.82) is 0 Å². The van der Waals surface area contributed by atoms with E-state index in [1.165, 1.54) is 11.5 Å². The van der Waals surface area contributed by atoms with Gasteiger partial charge in [-0.05, 0) is 11.6 Å². The summed E-state index contributed by atoms with van der Waals surface area (Å²) in [5.41, 5.74) is 0.779. The van der Waals surface area contributed by atoms with Gasteiger partial charge in [0.25, 0.3) is 10.8 Å². The van der Waals surface area contributed by atoms with Crippen molar-refractivity contribution < 1.29 is 3.90 Å². The molecule has 2 aromatic rings. The van der Waals surface area contributed by atoms with E-state index in [9.17, 15) is 0 Å². The Morgan fingerprint density at radius 3 is 3.09 bits per heavy atom. The fourth-order valence-corrected chi connectivity index (χ4v) is 1.95. The molecule has 6 heteroatoms. The molecule has 0 aliphatic rings. The van der Waals surface area contributed by atoms with Crippen molar-refractivity contribution >= 4 is 40.3 Å². The minimum atomic E-state index is 0.162. The van der Waals surface area contributed by atoms with Crippen molar-refractivity contribution in [1.82, 2.24) is 10.1 Å². The minimum absolute atomic E-state index is 0.162. The fraction of sp³-hybridized carbons (Fsp3) is 0. The summed E-state index contributed by atoms with van der Waals surface area (Å²) in [6, 6.07) is 1.84. The first-order valence-corrected chi connectivity index (χ1v) is 4.36. The van der Waals surface area contributed by atoms with Crippen LogP contribution < -0.4 is 3.90 Å². The Labute approximate surface area is 76.4 Å². The average Bonchev–Trinajstić information content (AvgIpc) is 2.34. The van der Waals surface area contributed by atoms with Crippen LogP contribution >= 0.6 is 34.7 Å². The molecule has 0 atom stereocenters. The molecule has 0 fully saturated rings. The van der Waals surface area contributed by atoms with Crippen LogP contribution in [0.5, 0.6) is 0 Å². The number of rotatable bonds is 0. The average molecular weight is 207 g/mol. The summed E-state index contributed by atoms with van der Waals surface area (Å²) in [4.78, 5) is 3.78. The van der Waals surface area contributed by atoms with Crippen molar-refractivity contribution in [2.75, 3.05) is 0 Å². The molecule has 3 nitrogen and oxygen atoms in total. The molecule has 0 amide bonds. The van der Waals surface area contributed by atoms with E-state index in [4.69, 9.17) is 23.2 Å². The molecule has 0 aromatic carbocycles. The Bertz CT molecular complexity index is 400. The maximum Gasteiger partial charge on any atom is 0.292 e. The molecular weight excluding hydrogens is 205 g/mol. The van der Waals surface area contributed by atoms with Gasteiger partial charge in [-0.15, -0.1) is 0 Å². The molecule has 0 bridgehead atoms. The van der Waals surface area contributed by atoms with E-state index in [1.807, 2.05) is 11.4 Å². The van der Waals surface area contributed by atoms with Gasteiger partial charge in [-0.1, -0.05) is 11.6 Å². The third-order valence-electron chi connectivity index (χ3n) is 1.17. The molecule has 0 unspecified atom stereocenters. The second-order valence-corrected chi connectivity index (χ2v) is 3.36. The standard InChI is InChI=1S/C5H2Cl2N3S/c6-4-3-1-2-11-10(3)9-5(7)8-4/h1-2H/q+1. The zero-order valence-electron chi connectivity index (χ0n) is 5.16.